The summed E-state index contributed by atoms with van der Waals surface area (Å²) in [5.74, 6) is 0.425. The smallest absolute Gasteiger partial charge is 0.230 e. The first kappa shape index (κ1) is 13.4. The minimum absolute atomic E-state index is 0.112. The third kappa shape index (κ3) is 2.40. The second kappa shape index (κ2) is 5.41. The molecular formula is C15H27N3O. The van der Waals surface area contributed by atoms with E-state index in [2.05, 4.69) is 22.0 Å². The zero-order chi connectivity index (χ0) is 13.3. The quantitative estimate of drug-likeness (QED) is 0.811. The summed E-state index contributed by atoms with van der Waals surface area (Å²) in [5, 5.41) is 3.43. The molecule has 108 valence electrons. The summed E-state index contributed by atoms with van der Waals surface area (Å²) in [6, 6.07) is 0.642. The fourth-order valence-electron chi connectivity index (χ4n) is 4.11. The average Bonchev–Trinajstić information content (AvgIpc) is 2.94. The van der Waals surface area contributed by atoms with E-state index in [0.717, 1.165) is 52.0 Å². The van der Waals surface area contributed by atoms with Crippen molar-refractivity contribution in [3.63, 3.8) is 0 Å². The zero-order valence-corrected chi connectivity index (χ0v) is 12.2. The van der Waals surface area contributed by atoms with Crippen LogP contribution in [0.15, 0.2) is 0 Å². The molecule has 19 heavy (non-hydrogen) atoms. The Balaban J connectivity index is 1.68. The molecule has 0 spiro atoms. The largest absolute Gasteiger partial charge is 0.339 e. The number of rotatable bonds is 2. The van der Waals surface area contributed by atoms with E-state index in [-0.39, 0.29) is 5.41 Å². The van der Waals surface area contributed by atoms with Crippen LogP contribution < -0.4 is 5.32 Å². The van der Waals surface area contributed by atoms with Gasteiger partial charge in [-0.3, -0.25) is 9.69 Å². The predicted molar refractivity (Wildman–Crippen MR) is 76.0 cm³/mol. The molecule has 0 bridgehead atoms. The Morgan fingerprint density at radius 2 is 2.21 bits per heavy atom. The molecule has 3 rings (SSSR count). The van der Waals surface area contributed by atoms with Crippen molar-refractivity contribution in [3.8, 4) is 0 Å². The number of piperidine rings is 1. The zero-order valence-electron chi connectivity index (χ0n) is 12.2. The summed E-state index contributed by atoms with van der Waals surface area (Å²) >= 11 is 0. The SMILES string of the molecule is CCC1(C(=O)N2CCN3CCCC3C2)CCCNC1. The van der Waals surface area contributed by atoms with Gasteiger partial charge in [0.05, 0.1) is 5.41 Å². The third-order valence-corrected chi connectivity index (χ3v) is 5.48. The maximum absolute atomic E-state index is 13.0. The summed E-state index contributed by atoms with van der Waals surface area (Å²) in [5.41, 5.74) is -0.112. The van der Waals surface area contributed by atoms with Gasteiger partial charge < -0.3 is 10.2 Å². The maximum atomic E-state index is 13.0. The Kier molecular flexibility index (Phi) is 3.81. The van der Waals surface area contributed by atoms with Crippen LogP contribution in [-0.2, 0) is 4.79 Å². The van der Waals surface area contributed by atoms with Crippen LogP contribution in [0.5, 0.6) is 0 Å². The molecule has 0 aromatic carbocycles. The van der Waals surface area contributed by atoms with Crippen LogP contribution in [0.4, 0.5) is 0 Å². The lowest BCUT2D eigenvalue weighted by Gasteiger charge is -2.44. The molecule has 2 atom stereocenters. The minimum Gasteiger partial charge on any atom is -0.339 e. The molecule has 0 radical (unpaired) electrons. The van der Waals surface area contributed by atoms with Crippen LogP contribution in [0.3, 0.4) is 0 Å². The first-order valence-electron chi connectivity index (χ1n) is 7.99. The molecule has 1 amide bonds. The van der Waals surface area contributed by atoms with E-state index in [0.29, 0.717) is 11.9 Å². The highest BCUT2D eigenvalue weighted by atomic mass is 16.2. The van der Waals surface area contributed by atoms with Crippen molar-refractivity contribution in [2.45, 2.75) is 45.1 Å². The van der Waals surface area contributed by atoms with E-state index in [4.69, 9.17) is 0 Å². The number of amides is 1. The van der Waals surface area contributed by atoms with Crippen molar-refractivity contribution in [3.05, 3.63) is 0 Å². The van der Waals surface area contributed by atoms with Crippen molar-refractivity contribution < 1.29 is 4.79 Å². The number of hydrogen-bond donors (Lipinski definition) is 1. The lowest BCUT2D eigenvalue weighted by Crippen LogP contribution is -2.58. The van der Waals surface area contributed by atoms with E-state index >= 15 is 0 Å². The fourth-order valence-corrected chi connectivity index (χ4v) is 4.11. The number of nitrogens with one attached hydrogen (secondary N) is 1. The van der Waals surface area contributed by atoms with Crippen molar-refractivity contribution in [2.24, 2.45) is 5.41 Å². The van der Waals surface area contributed by atoms with Crippen molar-refractivity contribution >= 4 is 5.91 Å². The maximum Gasteiger partial charge on any atom is 0.230 e. The van der Waals surface area contributed by atoms with E-state index in [1.165, 1.54) is 19.4 Å². The second-order valence-corrected chi connectivity index (χ2v) is 6.50. The molecule has 3 aliphatic rings. The van der Waals surface area contributed by atoms with Crippen LogP contribution in [-0.4, -0.2) is 61.0 Å². The van der Waals surface area contributed by atoms with Crippen molar-refractivity contribution in [1.29, 1.82) is 0 Å². The number of nitrogens with zero attached hydrogens (tertiary/aromatic N) is 2. The Hall–Kier alpha value is -0.610. The molecule has 0 aliphatic carbocycles. The van der Waals surface area contributed by atoms with Crippen molar-refractivity contribution in [2.75, 3.05) is 39.3 Å². The van der Waals surface area contributed by atoms with Crippen molar-refractivity contribution in [1.82, 2.24) is 15.1 Å². The molecule has 3 heterocycles. The fraction of sp³-hybridized carbons (Fsp3) is 0.933. The summed E-state index contributed by atoms with van der Waals surface area (Å²) in [4.78, 5) is 17.7. The number of carbonyl (C=O) groups excluding carboxylic acids is 1. The lowest BCUT2D eigenvalue weighted by molar-refractivity contribution is -0.146. The Labute approximate surface area is 116 Å². The van der Waals surface area contributed by atoms with E-state index in [9.17, 15) is 4.79 Å². The van der Waals surface area contributed by atoms with Gasteiger partial charge in [0.25, 0.3) is 0 Å². The molecule has 4 heteroatoms. The summed E-state index contributed by atoms with van der Waals surface area (Å²) in [6.07, 6.45) is 5.78. The van der Waals surface area contributed by atoms with Gasteiger partial charge in [0, 0.05) is 32.2 Å². The average molecular weight is 265 g/mol. The third-order valence-electron chi connectivity index (χ3n) is 5.48. The second-order valence-electron chi connectivity index (χ2n) is 6.50. The highest BCUT2D eigenvalue weighted by molar-refractivity contribution is 5.83. The Morgan fingerprint density at radius 1 is 1.32 bits per heavy atom. The van der Waals surface area contributed by atoms with E-state index < -0.39 is 0 Å². The highest BCUT2D eigenvalue weighted by Crippen LogP contribution is 2.33. The van der Waals surface area contributed by atoms with Gasteiger partial charge in [-0.05, 0) is 45.2 Å². The minimum atomic E-state index is -0.112. The molecule has 3 saturated heterocycles. The number of fused-ring (bicyclic) bond motifs is 1. The van der Waals surface area contributed by atoms with Gasteiger partial charge in [0.1, 0.15) is 0 Å². The van der Waals surface area contributed by atoms with Gasteiger partial charge in [-0.2, -0.15) is 0 Å². The standard InChI is InChI=1S/C15H27N3O/c1-2-15(6-4-7-16-12-15)14(19)18-10-9-17-8-3-5-13(17)11-18/h13,16H,2-12H2,1H3. The molecule has 3 fully saturated rings. The first-order valence-corrected chi connectivity index (χ1v) is 7.99. The van der Waals surface area contributed by atoms with Crippen LogP contribution in [0, 0.1) is 5.41 Å². The van der Waals surface area contributed by atoms with E-state index in [1.807, 2.05) is 0 Å². The van der Waals surface area contributed by atoms with Crippen LogP contribution in [0.25, 0.3) is 0 Å². The predicted octanol–water partition coefficient (Wildman–Crippen LogP) is 1.07. The van der Waals surface area contributed by atoms with Crippen LogP contribution >= 0.6 is 0 Å². The molecule has 0 aromatic rings. The van der Waals surface area contributed by atoms with Gasteiger partial charge in [-0.25, -0.2) is 0 Å². The highest BCUT2D eigenvalue weighted by Gasteiger charge is 2.43. The molecule has 4 nitrogen and oxygen atoms in total. The summed E-state index contributed by atoms with van der Waals surface area (Å²) < 4.78 is 0. The molecule has 0 saturated carbocycles. The number of hydrogen-bond acceptors (Lipinski definition) is 3. The van der Waals surface area contributed by atoms with Crippen LogP contribution in [0.2, 0.25) is 0 Å². The molecular weight excluding hydrogens is 238 g/mol. The van der Waals surface area contributed by atoms with E-state index in [1.54, 1.807) is 0 Å². The number of carbonyl (C=O) groups is 1. The molecule has 1 N–H and O–H groups in total. The van der Waals surface area contributed by atoms with Gasteiger partial charge in [0.2, 0.25) is 5.91 Å². The Bertz CT molecular complexity index is 338. The molecule has 2 unspecified atom stereocenters. The number of piperazine rings is 1. The van der Waals surface area contributed by atoms with Gasteiger partial charge in [0.15, 0.2) is 0 Å². The molecule has 3 aliphatic heterocycles. The summed E-state index contributed by atoms with van der Waals surface area (Å²) in [7, 11) is 0. The molecule has 0 aromatic heterocycles. The monoisotopic (exact) mass is 265 g/mol. The summed E-state index contributed by atoms with van der Waals surface area (Å²) in [6.45, 7) is 8.38. The topological polar surface area (TPSA) is 35.6 Å². The van der Waals surface area contributed by atoms with Gasteiger partial charge in [-0.1, -0.05) is 6.92 Å². The van der Waals surface area contributed by atoms with Gasteiger partial charge in [-0.15, -0.1) is 0 Å². The lowest BCUT2D eigenvalue weighted by atomic mass is 9.77. The Morgan fingerprint density at radius 3 is 2.95 bits per heavy atom. The normalized spacial score (nSPS) is 36.3. The van der Waals surface area contributed by atoms with Crippen LogP contribution in [0.1, 0.15) is 39.0 Å². The first-order chi connectivity index (χ1) is 9.25. The van der Waals surface area contributed by atoms with Gasteiger partial charge >= 0.3 is 0 Å².